The number of nitrogens with one attached hydrogen (secondary N) is 3. The molecule has 30 heavy (non-hydrogen) atoms. The summed E-state index contributed by atoms with van der Waals surface area (Å²) in [6.45, 7) is 0.606. The van der Waals surface area contributed by atoms with E-state index in [0.717, 1.165) is 17.7 Å². The number of H-pyrrole nitrogens is 1. The lowest BCUT2D eigenvalue weighted by molar-refractivity contribution is -0.118. The number of anilines is 2. The summed E-state index contributed by atoms with van der Waals surface area (Å²) < 4.78 is 0. The van der Waals surface area contributed by atoms with Gasteiger partial charge in [-0.25, -0.2) is 10.5 Å². The van der Waals surface area contributed by atoms with Crippen molar-refractivity contribution in [2.24, 2.45) is 5.10 Å². The summed E-state index contributed by atoms with van der Waals surface area (Å²) in [7, 11) is 4.00. The van der Waals surface area contributed by atoms with Crippen molar-refractivity contribution in [1.29, 1.82) is 0 Å². The smallest absolute Gasteiger partial charge is 0.240 e. The molecule has 156 valence electrons. The van der Waals surface area contributed by atoms with Gasteiger partial charge >= 0.3 is 0 Å². The predicted octanol–water partition coefficient (Wildman–Crippen LogP) is 2.77. The van der Waals surface area contributed by atoms with Crippen LogP contribution in [0.4, 0.5) is 11.6 Å². The van der Waals surface area contributed by atoms with Gasteiger partial charge in [-0.05, 0) is 29.7 Å². The van der Waals surface area contributed by atoms with Crippen LogP contribution in [0, 0.1) is 0 Å². The van der Waals surface area contributed by atoms with Gasteiger partial charge in [0.15, 0.2) is 0 Å². The summed E-state index contributed by atoms with van der Waals surface area (Å²) in [6.07, 6.45) is 2.51. The minimum atomic E-state index is -0.0468. The number of hydrogen-bond donors (Lipinski definition) is 3. The van der Waals surface area contributed by atoms with E-state index in [4.69, 9.17) is 0 Å². The molecule has 9 heteroatoms. The van der Waals surface area contributed by atoms with Crippen LogP contribution in [0.25, 0.3) is 0 Å². The average Bonchev–Trinajstić information content (AvgIpc) is 3.21. The molecule has 0 atom stereocenters. The molecule has 0 radical (unpaired) electrons. The number of thioether (sulfide) groups is 1. The molecule has 0 fully saturated rings. The first-order chi connectivity index (χ1) is 14.6. The zero-order valence-electron chi connectivity index (χ0n) is 17.0. The van der Waals surface area contributed by atoms with Gasteiger partial charge in [-0.3, -0.25) is 4.79 Å². The van der Waals surface area contributed by atoms with Gasteiger partial charge in [0, 0.05) is 26.3 Å². The van der Waals surface area contributed by atoms with Gasteiger partial charge < -0.3 is 10.2 Å². The van der Waals surface area contributed by atoms with Crippen LogP contribution < -0.4 is 15.6 Å². The molecule has 3 aromatic rings. The summed E-state index contributed by atoms with van der Waals surface area (Å²) in [5.41, 5.74) is 6.10. The Morgan fingerprint density at radius 3 is 2.67 bits per heavy atom. The Balaban J connectivity index is 1.37. The van der Waals surface area contributed by atoms with Gasteiger partial charge in [0.1, 0.15) is 0 Å². The monoisotopic (exact) mass is 423 g/mol. The van der Waals surface area contributed by atoms with E-state index in [1.165, 1.54) is 17.3 Å². The minimum absolute atomic E-state index is 0.0468. The maximum Gasteiger partial charge on any atom is 0.240 e. The number of hydrogen-bond acceptors (Lipinski definition) is 7. The van der Waals surface area contributed by atoms with E-state index in [9.17, 15) is 4.79 Å². The highest BCUT2D eigenvalue weighted by atomic mass is 32.2. The molecule has 0 aliphatic rings. The normalized spacial score (nSPS) is 10.9. The van der Waals surface area contributed by atoms with Gasteiger partial charge in [-0.15, -0.1) is 5.10 Å². The Hall–Kier alpha value is -3.33. The van der Waals surface area contributed by atoms with Crippen molar-refractivity contribution in [3.8, 4) is 0 Å². The molecule has 1 aromatic heterocycles. The second kappa shape index (κ2) is 11.0. The van der Waals surface area contributed by atoms with Gasteiger partial charge in [0.25, 0.3) is 0 Å². The molecular formula is C21H25N7OS. The number of carbonyl (C=O) groups is 1. The van der Waals surface area contributed by atoms with E-state index >= 15 is 0 Å². The van der Waals surface area contributed by atoms with Crippen LogP contribution in [0.2, 0.25) is 0 Å². The molecule has 0 saturated carbocycles. The van der Waals surface area contributed by atoms with Gasteiger partial charge in [-0.1, -0.05) is 54.2 Å². The third-order valence-corrected chi connectivity index (χ3v) is 5.02. The Labute approximate surface area is 180 Å². The first kappa shape index (κ1) is 21.4. The van der Waals surface area contributed by atoms with E-state index in [0.29, 0.717) is 17.6 Å². The number of aromatic amines is 1. The van der Waals surface area contributed by atoms with Crippen molar-refractivity contribution < 1.29 is 4.79 Å². The molecule has 3 rings (SSSR count). The summed E-state index contributed by atoms with van der Waals surface area (Å²) in [5, 5.41) is 14.4. The van der Waals surface area contributed by atoms with Crippen LogP contribution in [0.15, 0.2) is 64.9 Å². The zero-order valence-corrected chi connectivity index (χ0v) is 17.8. The van der Waals surface area contributed by atoms with Crippen molar-refractivity contribution in [1.82, 2.24) is 20.5 Å². The quantitative estimate of drug-likeness (QED) is 0.264. The lowest BCUT2D eigenvalue weighted by atomic mass is 10.1. The number of rotatable bonds is 10. The van der Waals surface area contributed by atoms with Crippen molar-refractivity contribution in [3.63, 3.8) is 0 Å². The molecular weight excluding hydrogens is 398 g/mol. The number of hydrazone groups is 1. The maximum atomic E-state index is 12.0. The summed E-state index contributed by atoms with van der Waals surface area (Å²) in [4.78, 5) is 18.3. The molecule has 0 aliphatic heterocycles. The highest BCUT2D eigenvalue weighted by Crippen LogP contribution is 2.14. The third-order valence-electron chi connectivity index (χ3n) is 4.17. The fourth-order valence-electron chi connectivity index (χ4n) is 2.56. The fourth-order valence-corrected chi connectivity index (χ4v) is 3.19. The van der Waals surface area contributed by atoms with Crippen LogP contribution in [0.5, 0.6) is 0 Å². The van der Waals surface area contributed by atoms with Crippen molar-refractivity contribution in [2.75, 3.05) is 36.7 Å². The van der Waals surface area contributed by atoms with Crippen LogP contribution in [-0.2, 0) is 11.2 Å². The minimum Gasteiger partial charge on any atom is -0.378 e. The van der Waals surface area contributed by atoms with E-state index < -0.39 is 0 Å². The van der Waals surface area contributed by atoms with E-state index in [1.54, 1.807) is 6.21 Å². The largest absolute Gasteiger partial charge is 0.378 e. The van der Waals surface area contributed by atoms with Crippen LogP contribution in [0.1, 0.15) is 11.1 Å². The number of benzene rings is 2. The Morgan fingerprint density at radius 1 is 1.17 bits per heavy atom. The molecule has 0 aliphatic carbocycles. The van der Waals surface area contributed by atoms with Crippen LogP contribution >= 0.6 is 11.8 Å². The number of amides is 1. The Morgan fingerprint density at radius 2 is 1.93 bits per heavy atom. The Kier molecular flexibility index (Phi) is 7.85. The van der Waals surface area contributed by atoms with Crippen molar-refractivity contribution in [2.45, 2.75) is 11.6 Å². The molecule has 3 N–H and O–H groups in total. The van der Waals surface area contributed by atoms with E-state index in [2.05, 4.69) is 31.0 Å². The third kappa shape index (κ3) is 6.93. The number of aromatic nitrogens is 3. The molecule has 8 nitrogen and oxygen atoms in total. The summed E-state index contributed by atoms with van der Waals surface area (Å²) in [5.74, 6) is 0.630. The Bertz CT molecular complexity index is 955. The van der Waals surface area contributed by atoms with Gasteiger partial charge in [0.2, 0.25) is 17.0 Å². The van der Waals surface area contributed by atoms with Gasteiger partial charge in [-0.2, -0.15) is 10.1 Å². The first-order valence-corrected chi connectivity index (χ1v) is 10.5. The van der Waals surface area contributed by atoms with Crippen LogP contribution in [-0.4, -0.2) is 53.7 Å². The molecule has 2 aromatic carbocycles. The second-order valence-corrected chi connectivity index (χ2v) is 7.64. The van der Waals surface area contributed by atoms with Crippen molar-refractivity contribution >= 4 is 35.5 Å². The molecule has 0 bridgehead atoms. The molecule has 0 spiro atoms. The fraction of sp³-hybridized carbons (Fsp3) is 0.238. The standard InChI is InChI=1S/C21H25N7OS/c1-28(2)18-10-8-17(9-11-18)14-23-25-20-24-21(27-26-20)30-15-19(29)22-13-12-16-6-4-3-5-7-16/h3-11,14H,12-13,15H2,1-2H3,(H,22,29)(H2,24,25,26,27)/b23-14-. The lowest BCUT2D eigenvalue weighted by Gasteiger charge is -2.11. The molecule has 1 heterocycles. The highest BCUT2D eigenvalue weighted by Gasteiger charge is 2.07. The molecule has 1 amide bonds. The predicted molar refractivity (Wildman–Crippen MR) is 122 cm³/mol. The average molecular weight is 424 g/mol. The molecule has 0 unspecified atom stereocenters. The molecule has 0 saturated heterocycles. The lowest BCUT2D eigenvalue weighted by Crippen LogP contribution is -2.27. The van der Waals surface area contributed by atoms with Crippen molar-refractivity contribution in [3.05, 3.63) is 65.7 Å². The van der Waals surface area contributed by atoms with Crippen LogP contribution in [0.3, 0.4) is 0 Å². The number of nitrogens with zero attached hydrogens (tertiary/aromatic N) is 4. The first-order valence-electron chi connectivity index (χ1n) is 9.52. The topological polar surface area (TPSA) is 98.3 Å². The maximum absolute atomic E-state index is 12.0. The van der Waals surface area contributed by atoms with Gasteiger partial charge in [0.05, 0.1) is 12.0 Å². The highest BCUT2D eigenvalue weighted by molar-refractivity contribution is 7.99. The van der Waals surface area contributed by atoms with E-state index in [1.807, 2.05) is 73.6 Å². The van der Waals surface area contributed by atoms with E-state index in [-0.39, 0.29) is 11.7 Å². The second-order valence-electron chi connectivity index (χ2n) is 6.70. The summed E-state index contributed by atoms with van der Waals surface area (Å²) in [6, 6.07) is 18.1. The summed E-state index contributed by atoms with van der Waals surface area (Å²) >= 11 is 1.27. The SMILES string of the molecule is CN(C)c1ccc(/C=N\Nc2nc(SCC(=O)NCCc3ccccc3)n[nH]2)cc1. The number of carbonyl (C=O) groups excluding carboxylic acids is 1. The zero-order chi connectivity index (χ0) is 21.2.